The van der Waals surface area contributed by atoms with Crippen LogP contribution in [0.4, 0.5) is 0 Å². The van der Waals surface area contributed by atoms with E-state index in [1.165, 1.54) is 16.9 Å². The van der Waals surface area contributed by atoms with Gasteiger partial charge in [0.05, 0.1) is 19.8 Å². The topological polar surface area (TPSA) is 54.9 Å². The van der Waals surface area contributed by atoms with Gasteiger partial charge < -0.3 is 14.4 Å². The van der Waals surface area contributed by atoms with Gasteiger partial charge in [0.25, 0.3) is 5.91 Å². The minimum Gasteiger partial charge on any atom is -0.493 e. The van der Waals surface area contributed by atoms with Gasteiger partial charge in [-0.2, -0.15) is 0 Å². The molecule has 3 aromatic rings. The van der Waals surface area contributed by atoms with Crippen LogP contribution < -0.4 is 9.47 Å². The molecule has 166 valence electrons. The van der Waals surface area contributed by atoms with Crippen molar-refractivity contribution in [2.75, 3.05) is 46.9 Å². The number of hydrogen-bond donors (Lipinski definition) is 0. The summed E-state index contributed by atoms with van der Waals surface area (Å²) in [4.78, 5) is 21.9. The predicted molar refractivity (Wildman–Crippen MR) is 128 cm³/mol. The highest BCUT2D eigenvalue weighted by Crippen LogP contribution is 2.39. The van der Waals surface area contributed by atoms with E-state index < -0.39 is 0 Å². The Morgan fingerprint density at radius 2 is 1.81 bits per heavy atom. The van der Waals surface area contributed by atoms with Crippen LogP contribution in [0.1, 0.15) is 16.1 Å². The zero-order valence-corrected chi connectivity index (χ0v) is 19.2. The van der Waals surface area contributed by atoms with Gasteiger partial charge in [0.2, 0.25) is 0 Å². The van der Waals surface area contributed by atoms with E-state index in [0.29, 0.717) is 30.3 Å². The molecule has 0 radical (unpaired) electrons. The molecule has 1 fully saturated rings. The largest absolute Gasteiger partial charge is 0.493 e. The molecular weight excluding hydrogens is 422 g/mol. The normalized spacial score (nSPS) is 14.6. The quantitative estimate of drug-likeness (QED) is 0.538. The number of ether oxygens (including phenoxy) is 2. The molecule has 0 saturated carbocycles. The van der Waals surface area contributed by atoms with Crippen molar-refractivity contribution in [3.8, 4) is 22.1 Å². The Hall–Kier alpha value is -3.16. The van der Waals surface area contributed by atoms with Gasteiger partial charge in [0.15, 0.2) is 11.5 Å². The number of rotatable bonds is 7. The van der Waals surface area contributed by atoms with Gasteiger partial charge in [-0.1, -0.05) is 48.6 Å². The van der Waals surface area contributed by atoms with E-state index in [1.54, 1.807) is 14.2 Å². The molecule has 1 amide bonds. The molecule has 7 heteroatoms. The van der Waals surface area contributed by atoms with Gasteiger partial charge in [-0.15, -0.1) is 11.3 Å². The standard InChI is InChI=1S/C25H27N3O3S/c1-30-22-12-6-11-20(23(22)31-2)24-26-21(18-32-24)25(29)28-16-14-27(15-17-28)13-7-10-19-8-4-3-5-9-19/h3-12,18H,13-17H2,1-2H3/b10-7+. The van der Waals surface area contributed by atoms with Crippen molar-refractivity contribution >= 4 is 23.3 Å². The second-order valence-corrected chi connectivity index (χ2v) is 8.34. The Kier molecular flexibility index (Phi) is 7.19. The van der Waals surface area contributed by atoms with Crippen molar-refractivity contribution in [2.45, 2.75) is 0 Å². The fourth-order valence-corrected chi connectivity index (χ4v) is 4.56. The fraction of sp³-hybridized carbons (Fsp3) is 0.280. The summed E-state index contributed by atoms with van der Waals surface area (Å²) in [5.41, 5.74) is 2.51. The van der Waals surface area contributed by atoms with E-state index in [-0.39, 0.29) is 5.91 Å². The van der Waals surface area contributed by atoms with Crippen molar-refractivity contribution in [1.82, 2.24) is 14.8 Å². The number of carbonyl (C=O) groups excluding carboxylic acids is 1. The highest BCUT2D eigenvalue weighted by molar-refractivity contribution is 7.13. The summed E-state index contributed by atoms with van der Waals surface area (Å²) in [5, 5.41) is 2.57. The number of piperazine rings is 1. The van der Waals surface area contributed by atoms with E-state index in [9.17, 15) is 4.79 Å². The number of para-hydroxylation sites is 1. The lowest BCUT2D eigenvalue weighted by Gasteiger charge is -2.33. The second kappa shape index (κ2) is 10.4. The van der Waals surface area contributed by atoms with Gasteiger partial charge in [-0.3, -0.25) is 9.69 Å². The molecule has 4 rings (SSSR count). The van der Waals surface area contributed by atoms with Crippen LogP contribution in [0.5, 0.6) is 11.5 Å². The number of hydrogen-bond acceptors (Lipinski definition) is 6. The number of amides is 1. The molecule has 0 unspecified atom stereocenters. The average Bonchev–Trinajstić information content (AvgIpc) is 3.34. The molecule has 32 heavy (non-hydrogen) atoms. The number of benzene rings is 2. The predicted octanol–water partition coefficient (Wildman–Crippen LogP) is 4.30. The Balaban J connectivity index is 1.35. The molecule has 2 heterocycles. The summed E-state index contributed by atoms with van der Waals surface area (Å²) in [7, 11) is 3.21. The number of nitrogens with zero attached hydrogens (tertiary/aromatic N) is 3. The van der Waals surface area contributed by atoms with Gasteiger partial charge in [0.1, 0.15) is 10.7 Å². The van der Waals surface area contributed by atoms with Gasteiger partial charge in [-0.05, 0) is 17.7 Å². The molecule has 0 spiro atoms. The molecule has 1 saturated heterocycles. The Morgan fingerprint density at radius 1 is 1.03 bits per heavy atom. The van der Waals surface area contributed by atoms with E-state index in [2.05, 4.69) is 34.2 Å². The Morgan fingerprint density at radius 3 is 2.53 bits per heavy atom. The maximum atomic E-state index is 13.0. The molecule has 1 aliphatic heterocycles. The van der Waals surface area contributed by atoms with Crippen molar-refractivity contribution in [3.63, 3.8) is 0 Å². The molecule has 6 nitrogen and oxygen atoms in total. The van der Waals surface area contributed by atoms with Crippen LogP contribution in [-0.4, -0.2) is 67.6 Å². The van der Waals surface area contributed by atoms with E-state index in [4.69, 9.17) is 9.47 Å². The summed E-state index contributed by atoms with van der Waals surface area (Å²) in [6, 6.07) is 16.0. The highest BCUT2D eigenvalue weighted by Gasteiger charge is 2.24. The average molecular weight is 450 g/mol. The summed E-state index contributed by atoms with van der Waals surface area (Å²) in [6.45, 7) is 3.99. The summed E-state index contributed by atoms with van der Waals surface area (Å²) < 4.78 is 10.9. The first-order valence-corrected chi connectivity index (χ1v) is 11.5. The molecule has 0 aliphatic carbocycles. The number of carbonyl (C=O) groups is 1. The summed E-state index contributed by atoms with van der Waals surface area (Å²) in [6.07, 6.45) is 4.32. The molecule has 0 atom stereocenters. The van der Waals surface area contributed by atoms with Crippen LogP contribution >= 0.6 is 11.3 Å². The first kappa shape index (κ1) is 22.0. The van der Waals surface area contributed by atoms with E-state index in [1.807, 2.05) is 46.7 Å². The SMILES string of the molecule is COc1cccc(-c2nc(C(=O)N3CCN(C/C=C/c4ccccc4)CC3)cs2)c1OC. The Labute approximate surface area is 192 Å². The molecule has 0 N–H and O–H groups in total. The van der Waals surface area contributed by atoms with Crippen molar-refractivity contribution < 1.29 is 14.3 Å². The first-order valence-electron chi connectivity index (χ1n) is 10.6. The lowest BCUT2D eigenvalue weighted by molar-refractivity contribution is 0.0645. The summed E-state index contributed by atoms with van der Waals surface area (Å²) >= 11 is 1.44. The van der Waals surface area contributed by atoms with Crippen LogP contribution in [0.3, 0.4) is 0 Å². The zero-order valence-electron chi connectivity index (χ0n) is 18.4. The minimum atomic E-state index is -0.0196. The molecule has 2 aromatic carbocycles. The number of thiazole rings is 1. The molecule has 1 aliphatic rings. The van der Waals surface area contributed by atoms with Gasteiger partial charge in [-0.25, -0.2) is 4.98 Å². The van der Waals surface area contributed by atoms with Crippen LogP contribution in [0.15, 0.2) is 60.0 Å². The monoisotopic (exact) mass is 449 g/mol. The van der Waals surface area contributed by atoms with Crippen LogP contribution in [0.25, 0.3) is 16.6 Å². The van der Waals surface area contributed by atoms with Crippen molar-refractivity contribution in [1.29, 1.82) is 0 Å². The highest BCUT2D eigenvalue weighted by atomic mass is 32.1. The van der Waals surface area contributed by atoms with Gasteiger partial charge >= 0.3 is 0 Å². The lowest BCUT2D eigenvalue weighted by atomic mass is 10.2. The van der Waals surface area contributed by atoms with Crippen molar-refractivity contribution in [3.05, 3.63) is 71.2 Å². The Bertz CT molecular complexity index is 1070. The zero-order chi connectivity index (χ0) is 22.3. The third kappa shape index (κ3) is 5.00. The number of methoxy groups -OCH3 is 2. The van der Waals surface area contributed by atoms with Crippen molar-refractivity contribution in [2.24, 2.45) is 0 Å². The lowest BCUT2D eigenvalue weighted by Crippen LogP contribution is -2.48. The van der Waals surface area contributed by atoms with Crippen LogP contribution in [-0.2, 0) is 0 Å². The third-order valence-electron chi connectivity index (χ3n) is 5.49. The minimum absolute atomic E-state index is 0.0196. The van der Waals surface area contributed by atoms with Crippen LogP contribution in [0, 0.1) is 0 Å². The van der Waals surface area contributed by atoms with Gasteiger partial charge in [0, 0.05) is 38.1 Å². The number of aromatic nitrogens is 1. The fourth-order valence-electron chi connectivity index (χ4n) is 3.75. The van der Waals surface area contributed by atoms with E-state index in [0.717, 1.165) is 30.2 Å². The van der Waals surface area contributed by atoms with Crippen LogP contribution in [0.2, 0.25) is 0 Å². The first-order chi connectivity index (χ1) is 15.7. The van der Waals surface area contributed by atoms with E-state index >= 15 is 0 Å². The molecule has 0 bridgehead atoms. The third-order valence-corrected chi connectivity index (χ3v) is 6.37. The smallest absolute Gasteiger partial charge is 0.273 e. The maximum Gasteiger partial charge on any atom is 0.273 e. The molecular formula is C25H27N3O3S. The second-order valence-electron chi connectivity index (χ2n) is 7.48. The maximum absolute atomic E-state index is 13.0. The summed E-state index contributed by atoms with van der Waals surface area (Å²) in [5.74, 6) is 1.25. The molecule has 1 aromatic heterocycles.